The summed E-state index contributed by atoms with van der Waals surface area (Å²) in [5.41, 5.74) is 8.05. The van der Waals surface area contributed by atoms with Crippen LogP contribution in [0.25, 0.3) is 0 Å². The summed E-state index contributed by atoms with van der Waals surface area (Å²) >= 11 is 0. The monoisotopic (exact) mass is 411 g/mol. The fourth-order valence-electron chi connectivity index (χ4n) is 7.01. The lowest BCUT2D eigenvalue weighted by molar-refractivity contribution is -0.0277. The number of amides is 1. The molecule has 162 valence electrons. The number of carbonyl (C=O) groups excluding carboxylic acids is 1. The third-order valence-corrected chi connectivity index (χ3v) is 8.07. The predicted octanol–water partition coefficient (Wildman–Crippen LogP) is 3.30. The summed E-state index contributed by atoms with van der Waals surface area (Å²) in [5, 5.41) is 9.35. The Balaban J connectivity index is 1.10. The minimum absolute atomic E-state index is 0.0889. The maximum Gasteiger partial charge on any atom is 0.336 e. The lowest BCUT2D eigenvalue weighted by Gasteiger charge is -2.57. The van der Waals surface area contributed by atoms with Gasteiger partial charge in [0.2, 0.25) is 0 Å². The zero-order chi connectivity index (χ0) is 20.7. The highest BCUT2D eigenvalue weighted by Gasteiger charge is 2.50. The first kappa shape index (κ1) is 20.0. The number of hydrazine groups is 1. The molecule has 0 radical (unpaired) electrons. The smallest absolute Gasteiger partial charge is 0.336 e. The second-order valence-corrected chi connectivity index (χ2v) is 10.3. The summed E-state index contributed by atoms with van der Waals surface area (Å²) in [4.78, 5) is 26.1. The predicted molar refractivity (Wildman–Crippen MR) is 114 cm³/mol. The molecule has 5 aliphatic rings. The molecule has 30 heavy (non-hydrogen) atoms. The fourth-order valence-corrected chi connectivity index (χ4v) is 7.01. The van der Waals surface area contributed by atoms with Crippen molar-refractivity contribution in [2.24, 2.45) is 23.7 Å². The fraction of sp³-hybridized carbons (Fsp3) is 0.667. The third kappa shape index (κ3) is 3.87. The van der Waals surface area contributed by atoms with Crippen LogP contribution in [0, 0.1) is 23.7 Å². The van der Waals surface area contributed by atoms with Crippen molar-refractivity contribution in [3.05, 3.63) is 35.4 Å². The molecule has 4 aliphatic carbocycles. The van der Waals surface area contributed by atoms with Crippen molar-refractivity contribution in [2.45, 2.75) is 56.9 Å². The lowest BCUT2D eigenvalue weighted by atomic mass is 9.53. The number of carboxylic acids is 1. The number of nitrogens with zero attached hydrogens (tertiary/aromatic N) is 1. The molecule has 1 amide bonds. The summed E-state index contributed by atoms with van der Waals surface area (Å²) in [6, 6.07) is 6.51. The zero-order valence-electron chi connectivity index (χ0n) is 17.6. The molecule has 1 aromatic carbocycles. The third-order valence-electron chi connectivity index (χ3n) is 8.07. The van der Waals surface area contributed by atoms with Crippen LogP contribution in [0.1, 0.15) is 72.1 Å². The zero-order valence-corrected chi connectivity index (χ0v) is 17.6. The van der Waals surface area contributed by atoms with E-state index in [1.54, 1.807) is 18.2 Å². The normalized spacial score (nSPS) is 33.1. The largest absolute Gasteiger partial charge is 0.478 e. The molecule has 0 unspecified atom stereocenters. The number of nitrogens with one attached hydrogen (secondary N) is 2. The Morgan fingerprint density at radius 3 is 2.10 bits per heavy atom. The molecule has 1 aromatic rings. The van der Waals surface area contributed by atoms with Gasteiger partial charge in [0.05, 0.1) is 11.1 Å². The number of hydrogen-bond donors (Lipinski definition) is 3. The Morgan fingerprint density at radius 1 is 0.967 bits per heavy atom. The Bertz CT molecular complexity index is 780. The van der Waals surface area contributed by atoms with Crippen molar-refractivity contribution in [3.8, 4) is 0 Å². The number of benzene rings is 1. The van der Waals surface area contributed by atoms with Crippen LogP contribution in [-0.2, 0) is 0 Å². The van der Waals surface area contributed by atoms with Crippen molar-refractivity contribution >= 4 is 11.9 Å². The summed E-state index contributed by atoms with van der Waals surface area (Å²) < 4.78 is 0. The van der Waals surface area contributed by atoms with E-state index in [-0.39, 0.29) is 11.5 Å². The van der Waals surface area contributed by atoms with Crippen LogP contribution < -0.4 is 10.9 Å². The molecular weight excluding hydrogens is 378 g/mol. The van der Waals surface area contributed by atoms with Crippen molar-refractivity contribution in [1.82, 2.24) is 15.8 Å². The van der Waals surface area contributed by atoms with Crippen LogP contribution in [0.2, 0.25) is 0 Å². The topological polar surface area (TPSA) is 81.7 Å². The van der Waals surface area contributed by atoms with Crippen LogP contribution in [0.3, 0.4) is 0 Å². The van der Waals surface area contributed by atoms with Crippen molar-refractivity contribution in [2.75, 3.05) is 19.6 Å². The summed E-state index contributed by atoms with van der Waals surface area (Å²) in [7, 11) is 0. The highest BCUT2D eigenvalue weighted by Crippen LogP contribution is 2.55. The van der Waals surface area contributed by atoms with Crippen LogP contribution in [0.15, 0.2) is 24.3 Å². The molecule has 4 bridgehead atoms. The highest BCUT2D eigenvalue weighted by atomic mass is 16.4. The first-order valence-electron chi connectivity index (χ1n) is 11.6. The molecular formula is C24H33N3O3. The van der Waals surface area contributed by atoms with Crippen molar-refractivity contribution in [3.63, 3.8) is 0 Å². The van der Waals surface area contributed by atoms with Gasteiger partial charge in [-0.15, -0.1) is 0 Å². The molecule has 0 aromatic heterocycles. The van der Waals surface area contributed by atoms with E-state index in [4.69, 9.17) is 0 Å². The van der Waals surface area contributed by atoms with E-state index < -0.39 is 5.97 Å². The standard InChI is InChI=1S/C24H33N3O3/c28-22(20-3-1-2-4-21(20)23(29)30)27-7-5-16(6-8-27)15-25-26-24-12-17-9-18(13-24)11-19(10-17)14-24/h1-4,16-19,25-26H,5-15H2,(H,29,30). The number of aromatic carboxylic acids is 1. The van der Waals surface area contributed by atoms with Gasteiger partial charge in [0.1, 0.15) is 0 Å². The van der Waals surface area contributed by atoms with Gasteiger partial charge in [-0.1, -0.05) is 12.1 Å². The SMILES string of the molecule is O=C(O)c1ccccc1C(=O)N1CCC(CNNC23CC4CC(CC(C4)C2)C3)CC1. The van der Waals surface area contributed by atoms with Gasteiger partial charge >= 0.3 is 5.97 Å². The van der Waals surface area contributed by atoms with Gasteiger partial charge in [-0.3, -0.25) is 15.6 Å². The minimum Gasteiger partial charge on any atom is -0.478 e. The highest BCUT2D eigenvalue weighted by molar-refractivity contribution is 6.04. The maximum absolute atomic E-state index is 12.8. The van der Waals surface area contributed by atoms with Crippen LogP contribution in [0.4, 0.5) is 0 Å². The molecule has 6 heteroatoms. The number of hydrogen-bond acceptors (Lipinski definition) is 4. The number of carboxylic acid groups (broad SMARTS) is 1. The van der Waals surface area contributed by atoms with Gasteiger partial charge in [-0.05, 0) is 87.2 Å². The van der Waals surface area contributed by atoms with E-state index in [9.17, 15) is 14.7 Å². The summed E-state index contributed by atoms with van der Waals surface area (Å²) in [6.07, 6.45) is 10.3. The van der Waals surface area contributed by atoms with Gasteiger partial charge in [-0.2, -0.15) is 0 Å². The summed E-state index contributed by atoms with van der Waals surface area (Å²) in [6.45, 7) is 2.32. The quantitative estimate of drug-likeness (QED) is 0.626. The Hall–Kier alpha value is -1.92. The molecule has 5 fully saturated rings. The van der Waals surface area contributed by atoms with Crippen LogP contribution in [0.5, 0.6) is 0 Å². The molecule has 1 saturated heterocycles. The first-order valence-corrected chi connectivity index (χ1v) is 11.6. The van der Waals surface area contributed by atoms with Crippen molar-refractivity contribution < 1.29 is 14.7 Å². The van der Waals surface area contributed by atoms with Crippen molar-refractivity contribution in [1.29, 1.82) is 0 Å². The number of rotatable bonds is 6. The molecule has 1 heterocycles. The molecule has 3 N–H and O–H groups in total. The molecule has 6 rings (SSSR count). The van der Waals surface area contributed by atoms with Gasteiger partial charge in [0.15, 0.2) is 0 Å². The molecule has 4 saturated carbocycles. The van der Waals surface area contributed by atoms with E-state index in [1.807, 2.05) is 4.90 Å². The second kappa shape index (κ2) is 7.97. The Labute approximate surface area is 178 Å². The maximum atomic E-state index is 12.8. The first-order chi connectivity index (χ1) is 14.5. The van der Waals surface area contributed by atoms with E-state index in [2.05, 4.69) is 10.9 Å². The summed E-state index contributed by atoms with van der Waals surface area (Å²) in [5.74, 6) is 2.15. The molecule has 6 nitrogen and oxygen atoms in total. The van der Waals surface area contributed by atoms with Gasteiger partial charge in [0, 0.05) is 25.2 Å². The van der Waals surface area contributed by atoms with Gasteiger partial charge in [-0.25, -0.2) is 4.79 Å². The Morgan fingerprint density at radius 2 is 1.53 bits per heavy atom. The number of piperidine rings is 1. The second-order valence-electron chi connectivity index (χ2n) is 10.3. The van der Waals surface area contributed by atoms with E-state index >= 15 is 0 Å². The van der Waals surface area contributed by atoms with E-state index in [0.29, 0.717) is 30.1 Å². The average Bonchev–Trinajstić information content (AvgIpc) is 2.72. The number of carbonyl (C=O) groups is 2. The van der Waals surface area contributed by atoms with Gasteiger partial charge in [0.25, 0.3) is 5.91 Å². The molecule has 1 aliphatic heterocycles. The minimum atomic E-state index is -1.05. The lowest BCUT2D eigenvalue weighted by Crippen LogP contribution is -2.62. The number of likely N-dealkylation sites (tertiary alicyclic amines) is 1. The average molecular weight is 412 g/mol. The van der Waals surface area contributed by atoms with Crippen LogP contribution >= 0.6 is 0 Å². The van der Waals surface area contributed by atoms with Gasteiger partial charge < -0.3 is 10.0 Å². The van der Waals surface area contributed by atoms with Crippen LogP contribution in [-0.4, -0.2) is 47.1 Å². The van der Waals surface area contributed by atoms with E-state index in [0.717, 1.165) is 37.1 Å². The molecule has 0 spiro atoms. The van der Waals surface area contributed by atoms with E-state index in [1.165, 1.54) is 44.6 Å². The Kier molecular flexibility index (Phi) is 5.31. The molecule has 0 atom stereocenters.